The summed E-state index contributed by atoms with van der Waals surface area (Å²) in [5, 5.41) is 3.19. The summed E-state index contributed by atoms with van der Waals surface area (Å²) in [4.78, 5) is 14.7. The van der Waals surface area contributed by atoms with Crippen molar-refractivity contribution in [1.82, 2.24) is 10.2 Å². The maximum Gasteiger partial charge on any atom is 0.235 e. The molecule has 1 aliphatic rings. The molecule has 162 valence electrons. The van der Waals surface area contributed by atoms with Gasteiger partial charge < -0.3 is 10.1 Å². The highest BCUT2D eigenvalue weighted by atomic mass is 35.5. The van der Waals surface area contributed by atoms with Gasteiger partial charge in [-0.25, -0.2) is 8.42 Å². The third-order valence-electron chi connectivity index (χ3n) is 4.98. The number of hydrogen-bond donors (Lipinski definition) is 1. The molecule has 0 saturated carbocycles. The van der Waals surface area contributed by atoms with Gasteiger partial charge in [-0.15, -0.1) is 0 Å². The van der Waals surface area contributed by atoms with Gasteiger partial charge in [0.05, 0.1) is 17.1 Å². The van der Waals surface area contributed by atoms with E-state index in [2.05, 4.69) is 24.1 Å². The van der Waals surface area contributed by atoms with Crippen molar-refractivity contribution in [3.8, 4) is 0 Å². The summed E-state index contributed by atoms with van der Waals surface area (Å²) in [7, 11) is -3.72. The summed E-state index contributed by atoms with van der Waals surface area (Å²) in [6, 6.07) is 13.7. The van der Waals surface area contributed by atoms with Crippen molar-refractivity contribution in [3.63, 3.8) is 0 Å². The van der Waals surface area contributed by atoms with Crippen LogP contribution in [0.3, 0.4) is 0 Å². The molecule has 0 bridgehead atoms. The molecule has 0 aliphatic carbocycles. The number of carbonyl (C=O) groups is 1. The van der Waals surface area contributed by atoms with Crippen LogP contribution in [0.15, 0.2) is 53.4 Å². The van der Waals surface area contributed by atoms with Crippen molar-refractivity contribution < 1.29 is 17.9 Å². The molecule has 6 nitrogen and oxygen atoms in total. The second-order valence-electron chi connectivity index (χ2n) is 7.71. The number of carbonyl (C=O) groups excluding carboxylic acids is 1. The Kier molecular flexibility index (Phi) is 7.52. The average Bonchev–Trinajstić information content (AvgIpc) is 2.66. The summed E-state index contributed by atoms with van der Waals surface area (Å²) < 4.78 is 30.7. The second-order valence-corrected chi connectivity index (χ2v) is 10.1. The molecule has 0 radical (unpaired) electrons. The van der Waals surface area contributed by atoms with Gasteiger partial charge in [-0.05, 0) is 49.2 Å². The lowest BCUT2D eigenvalue weighted by Gasteiger charge is -2.35. The number of halogens is 1. The van der Waals surface area contributed by atoms with Crippen LogP contribution in [-0.2, 0) is 32.5 Å². The molecule has 8 heteroatoms. The van der Waals surface area contributed by atoms with Crippen LogP contribution < -0.4 is 5.32 Å². The minimum Gasteiger partial charge on any atom is -0.373 e. The second kappa shape index (κ2) is 9.92. The van der Waals surface area contributed by atoms with Gasteiger partial charge in [0.15, 0.2) is 9.84 Å². The lowest BCUT2D eigenvalue weighted by molar-refractivity contribution is -0.118. The van der Waals surface area contributed by atoms with E-state index in [0.29, 0.717) is 5.02 Å². The molecule has 3 rings (SSSR count). The molecule has 1 amide bonds. The van der Waals surface area contributed by atoms with E-state index >= 15 is 0 Å². The normalized spacial score (nSPS) is 20.1. The fourth-order valence-corrected chi connectivity index (χ4v) is 4.97. The average molecular weight is 451 g/mol. The van der Waals surface area contributed by atoms with Crippen LogP contribution in [0, 0.1) is 0 Å². The largest absolute Gasteiger partial charge is 0.373 e. The van der Waals surface area contributed by atoms with E-state index in [-0.39, 0.29) is 23.6 Å². The van der Waals surface area contributed by atoms with Gasteiger partial charge >= 0.3 is 0 Å². The number of rotatable bonds is 7. The monoisotopic (exact) mass is 450 g/mol. The van der Waals surface area contributed by atoms with E-state index in [1.54, 1.807) is 0 Å². The maximum absolute atomic E-state index is 12.4. The Morgan fingerprint density at radius 2 is 1.67 bits per heavy atom. The third kappa shape index (κ3) is 6.28. The van der Waals surface area contributed by atoms with Crippen molar-refractivity contribution in [1.29, 1.82) is 0 Å². The van der Waals surface area contributed by atoms with E-state index in [1.165, 1.54) is 24.3 Å². The van der Waals surface area contributed by atoms with Gasteiger partial charge in [-0.1, -0.05) is 35.9 Å². The molecule has 1 N–H and O–H groups in total. The van der Waals surface area contributed by atoms with Crippen molar-refractivity contribution >= 4 is 27.3 Å². The molecule has 1 saturated heterocycles. The first kappa shape index (κ1) is 22.7. The van der Waals surface area contributed by atoms with E-state index in [4.69, 9.17) is 16.3 Å². The lowest BCUT2D eigenvalue weighted by Crippen LogP contribution is -2.45. The molecule has 2 atom stereocenters. The summed E-state index contributed by atoms with van der Waals surface area (Å²) in [5.74, 6) is -1.14. The standard InChI is InChI=1S/C22H27ClN2O4S/c1-16-12-25(13-17(2)29-16)14-19-6-4-3-5-18(19)11-24-22(26)15-30(27,28)21-9-7-20(23)8-10-21/h3-10,16-17H,11-15H2,1-2H3,(H,24,26). The molecule has 2 aromatic carbocycles. The molecule has 1 heterocycles. The number of nitrogens with zero attached hydrogens (tertiary/aromatic N) is 1. The molecular weight excluding hydrogens is 424 g/mol. The number of sulfone groups is 1. The molecule has 1 aliphatic heterocycles. The number of amides is 1. The Morgan fingerprint density at radius 3 is 2.30 bits per heavy atom. The summed E-state index contributed by atoms with van der Waals surface area (Å²) in [5.41, 5.74) is 2.08. The predicted octanol–water partition coefficient (Wildman–Crippen LogP) is 3.04. The number of ether oxygens (including phenoxy) is 1. The Morgan fingerprint density at radius 1 is 1.07 bits per heavy atom. The van der Waals surface area contributed by atoms with Crippen molar-refractivity contribution in [2.45, 2.75) is 44.0 Å². The highest BCUT2D eigenvalue weighted by molar-refractivity contribution is 7.92. The van der Waals surface area contributed by atoms with Crippen LogP contribution in [0.4, 0.5) is 0 Å². The number of morpholine rings is 1. The number of benzene rings is 2. The molecule has 0 spiro atoms. The maximum atomic E-state index is 12.4. The SMILES string of the molecule is CC1CN(Cc2ccccc2CNC(=O)CS(=O)(=O)c2ccc(Cl)cc2)CC(C)O1. The summed E-state index contributed by atoms with van der Waals surface area (Å²) in [6.07, 6.45) is 0.359. The predicted molar refractivity (Wildman–Crippen MR) is 117 cm³/mol. The van der Waals surface area contributed by atoms with E-state index in [1.807, 2.05) is 24.3 Å². The highest BCUT2D eigenvalue weighted by Gasteiger charge is 2.23. The number of hydrogen-bond acceptors (Lipinski definition) is 5. The van der Waals surface area contributed by atoms with Crippen molar-refractivity contribution in [2.24, 2.45) is 0 Å². The van der Waals surface area contributed by atoms with Gasteiger partial charge in [0.2, 0.25) is 5.91 Å². The minimum absolute atomic E-state index is 0.0815. The Balaban J connectivity index is 1.60. The van der Waals surface area contributed by atoms with Gasteiger partial charge in [-0.3, -0.25) is 9.69 Å². The van der Waals surface area contributed by atoms with E-state index < -0.39 is 21.5 Å². The first-order chi connectivity index (χ1) is 14.2. The quantitative estimate of drug-likeness (QED) is 0.701. The smallest absolute Gasteiger partial charge is 0.235 e. The first-order valence-corrected chi connectivity index (χ1v) is 12.0. The minimum atomic E-state index is -3.72. The zero-order valence-corrected chi connectivity index (χ0v) is 18.7. The summed E-state index contributed by atoms with van der Waals surface area (Å²) in [6.45, 7) is 6.87. The van der Waals surface area contributed by atoms with Gasteiger partial charge in [0.1, 0.15) is 5.75 Å². The molecule has 2 aromatic rings. The van der Waals surface area contributed by atoms with E-state index in [9.17, 15) is 13.2 Å². The Labute approximate surface area is 183 Å². The van der Waals surface area contributed by atoms with Crippen molar-refractivity contribution in [3.05, 3.63) is 64.7 Å². The van der Waals surface area contributed by atoms with Crippen LogP contribution in [-0.4, -0.2) is 50.3 Å². The van der Waals surface area contributed by atoms with Crippen LogP contribution >= 0.6 is 11.6 Å². The van der Waals surface area contributed by atoms with Crippen LogP contribution in [0.2, 0.25) is 5.02 Å². The van der Waals surface area contributed by atoms with Crippen molar-refractivity contribution in [2.75, 3.05) is 18.8 Å². The first-order valence-electron chi connectivity index (χ1n) is 9.92. The van der Waals surface area contributed by atoms with Crippen LogP contribution in [0.25, 0.3) is 0 Å². The third-order valence-corrected chi connectivity index (χ3v) is 6.86. The fraction of sp³-hybridized carbons (Fsp3) is 0.409. The zero-order valence-electron chi connectivity index (χ0n) is 17.2. The summed E-state index contributed by atoms with van der Waals surface area (Å²) >= 11 is 5.80. The van der Waals surface area contributed by atoms with Gasteiger partial charge in [0.25, 0.3) is 0 Å². The van der Waals surface area contributed by atoms with E-state index in [0.717, 1.165) is 30.8 Å². The van der Waals surface area contributed by atoms with Gasteiger partial charge in [-0.2, -0.15) is 0 Å². The molecule has 2 unspecified atom stereocenters. The zero-order chi connectivity index (χ0) is 21.7. The molecular formula is C22H27ClN2O4S. The number of nitrogens with one attached hydrogen (secondary N) is 1. The van der Waals surface area contributed by atoms with Crippen LogP contribution in [0.5, 0.6) is 0 Å². The highest BCUT2D eigenvalue weighted by Crippen LogP contribution is 2.18. The van der Waals surface area contributed by atoms with Crippen LogP contribution in [0.1, 0.15) is 25.0 Å². The fourth-order valence-electron chi connectivity index (χ4n) is 3.68. The lowest BCUT2D eigenvalue weighted by atomic mass is 10.1. The topological polar surface area (TPSA) is 75.7 Å². The molecule has 30 heavy (non-hydrogen) atoms. The Hall–Kier alpha value is -1.93. The molecule has 1 fully saturated rings. The Bertz CT molecular complexity index is 969. The molecule has 0 aromatic heterocycles. The van der Waals surface area contributed by atoms with Gasteiger partial charge in [0, 0.05) is 31.2 Å².